The van der Waals surface area contributed by atoms with Crippen LogP contribution in [0.25, 0.3) is 0 Å². The van der Waals surface area contributed by atoms with Gasteiger partial charge in [0.05, 0.1) is 6.04 Å². The van der Waals surface area contributed by atoms with Crippen molar-refractivity contribution >= 4 is 22.0 Å². The number of hydrogen-bond acceptors (Lipinski definition) is 3. The molecule has 2 atom stereocenters. The summed E-state index contributed by atoms with van der Waals surface area (Å²) < 4.78 is 28.4. The largest absolute Gasteiger partial charge is 0.465 e. The van der Waals surface area contributed by atoms with Crippen LogP contribution in [0.4, 0.5) is 13.6 Å². The zero-order chi connectivity index (χ0) is 19.6. The molecule has 0 aliphatic heterocycles. The van der Waals surface area contributed by atoms with E-state index in [-0.39, 0.29) is 5.56 Å². The number of carbonyl (C=O) groups is 1. The van der Waals surface area contributed by atoms with Crippen LogP contribution in [-0.2, 0) is 0 Å². The van der Waals surface area contributed by atoms with Gasteiger partial charge in [-0.3, -0.25) is 9.88 Å². The Labute approximate surface area is 158 Å². The van der Waals surface area contributed by atoms with Crippen LogP contribution in [-0.4, -0.2) is 31.7 Å². The Morgan fingerprint density at radius 2 is 1.88 bits per heavy atom. The number of halogens is 3. The van der Waals surface area contributed by atoms with Gasteiger partial charge in [-0.25, -0.2) is 13.6 Å². The quantitative estimate of drug-likeness (QED) is 0.741. The Hall–Kier alpha value is -2.06. The lowest BCUT2D eigenvalue weighted by Gasteiger charge is -2.42. The SMILES string of the molecule is CC(C)(C)N(C(=O)O)[C@H](c1cncc(Br)c1)[C@@H](O)c1cc(F)ccc1F. The Kier molecular flexibility index (Phi) is 5.98. The maximum absolute atomic E-state index is 14.2. The number of rotatable bonds is 4. The van der Waals surface area contributed by atoms with E-state index in [4.69, 9.17) is 0 Å². The first-order chi connectivity index (χ1) is 12.0. The van der Waals surface area contributed by atoms with Gasteiger partial charge in [0.15, 0.2) is 0 Å². The molecule has 0 radical (unpaired) electrons. The van der Waals surface area contributed by atoms with Gasteiger partial charge in [-0.2, -0.15) is 0 Å². The van der Waals surface area contributed by atoms with Gasteiger partial charge < -0.3 is 10.2 Å². The fourth-order valence-corrected chi connectivity index (χ4v) is 3.18. The van der Waals surface area contributed by atoms with E-state index in [0.29, 0.717) is 10.0 Å². The molecule has 0 saturated carbocycles. The van der Waals surface area contributed by atoms with E-state index in [1.165, 1.54) is 12.4 Å². The Balaban J connectivity index is 2.67. The number of benzene rings is 1. The van der Waals surface area contributed by atoms with Crippen LogP contribution in [0, 0.1) is 11.6 Å². The lowest BCUT2D eigenvalue weighted by atomic mass is 9.91. The Morgan fingerprint density at radius 3 is 2.42 bits per heavy atom. The topological polar surface area (TPSA) is 73.7 Å². The molecule has 1 amide bonds. The number of aliphatic hydroxyl groups is 1. The summed E-state index contributed by atoms with van der Waals surface area (Å²) in [5.74, 6) is -1.56. The summed E-state index contributed by atoms with van der Waals surface area (Å²) in [5.41, 5.74) is -0.915. The van der Waals surface area contributed by atoms with Gasteiger partial charge in [-0.15, -0.1) is 0 Å². The Morgan fingerprint density at radius 1 is 1.23 bits per heavy atom. The predicted molar refractivity (Wildman–Crippen MR) is 95.6 cm³/mol. The summed E-state index contributed by atoms with van der Waals surface area (Å²) >= 11 is 3.25. The zero-order valence-electron chi connectivity index (χ0n) is 14.4. The van der Waals surface area contributed by atoms with Crippen molar-refractivity contribution in [2.75, 3.05) is 0 Å². The molecule has 26 heavy (non-hydrogen) atoms. The molecular weight excluding hydrogens is 410 g/mol. The van der Waals surface area contributed by atoms with Crippen molar-refractivity contribution in [3.63, 3.8) is 0 Å². The highest BCUT2D eigenvalue weighted by atomic mass is 79.9. The first kappa shape index (κ1) is 20.3. The van der Waals surface area contributed by atoms with Crippen molar-refractivity contribution in [1.82, 2.24) is 9.88 Å². The number of carboxylic acid groups (broad SMARTS) is 1. The highest BCUT2D eigenvalue weighted by Crippen LogP contribution is 2.39. The van der Waals surface area contributed by atoms with E-state index in [1.54, 1.807) is 26.8 Å². The van der Waals surface area contributed by atoms with Crippen molar-refractivity contribution in [1.29, 1.82) is 0 Å². The highest BCUT2D eigenvalue weighted by Gasteiger charge is 2.40. The fraction of sp³-hybridized carbons (Fsp3) is 0.333. The number of aliphatic hydroxyl groups excluding tert-OH is 1. The van der Waals surface area contributed by atoms with Crippen molar-refractivity contribution in [3.05, 3.63) is 63.9 Å². The average Bonchev–Trinajstić information content (AvgIpc) is 2.52. The van der Waals surface area contributed by atoms with Gasteiger partial charge >= 0.3 is 6.09 Å². The molecule has 2 N–H and O–H groups in total. The van der Waals surface area contributed by atoms with Crippen molar-refractivity contribution < 1.29 is 23.8 Å². The second-order valence-corrected chi connectivity index (χ2v) is 7.73. The second kappa shape index (κ2) is 7.67. The molecule has 8 heteroatoms. The third kappa shape index (κ3) is 4.37. The Bertz CT molecular complexity index is 811. The van der Waals surface area contributed by atoms with Crippen LogP contribution >= 0.6 is 15.9 Å². The molecule has 0 saturated heterocycles. The van der Waals surface area contributed by atoms with E-state index in [9.17, 15) is 23.8 Å². The molecule has 0 bridgehead atoms. The van der Waals surface area contributed by atoms with Gasteiger partial charge in [0.25, 0.3) is 0 Å². The molecule has 2 rings (SSSR count). The maximum atomic E-state index is 14.2. The summed E-state index contributed by atoms with van der Waals surface area (Å²) in [6, 6.07) is 3.07. The van der Waals surface area contributed by atoms with E-state index in [2.05, 4.69) is 20.9 Å². The van der Waals surface area contributed by atoms with Gasteiger partial charge in [0, 0.05) is 28.0 Å². The molecule has 0 spiro atoms. The molecule has 0 aliphatic rings. The molecule has 1 aromatic heterocycles. The smallest absolute Gasteiger partial charge is 0.408 e. The molecule has 0 fully saturated rings. The average molecular weight is 429 g/mol. The number of pyridine rings is 1. The normalized spacial score (nSPS) is 14.0. The maximum Gasteiger partial charge on any atom is 0.408 e. The summed E-state index contributed by atoms with van der Waals surface area (Å²) in [7, 11) is 0. The number of amides is 1. The first-order valence-corrected chi connectivity index (χ1v) is 8.57. The van der Waals surface area contributed by atoms with Gasteiger partial charge in [0.2, 0.25) is 0 Å². The van der Waals surface area contributed by atoms with Crippen molar-refractivity contribution in [3.8, 4) is 0 Å². The first-order valence-electron chi connectivity index (χ1n) is 7.78. The van der Waals surface area contributed by atoms with E-state index < -0.39 is 35.4 Å². The molecule has 0 unspecified atom stereocenters. The van der Waals surface area contributed by atoms with E-state index >= 15 is 0 Å². The summed E-state index contributed by atoms with van der Waals surface area (Å²) in [6.45, 7) is 4.94. The molecule has 1 heterocycles. The molecule has 5 nitrogen and oxygen atoms in total. The van der Waals surface area contributed by atoms with E-state index in [1.807, 2.05) is 0 Å². The third-order valence-electron chi connectivity index (χ3n) is 3.85. The van der Waals surface area contributed by atoms with Gasteiger partial charge in [0.1, 0.15) is 17.7 Å². The number of nitrogens with zero attached hydrogens (tertiary/aromatic N) is 2. The van der Waals surface area contributed by atoms with Gasteiger partial charge in [-0.1, -0.05) is 0 Å². The minimum atomic E-state index is -1.64. The number of aromatic nitrogens is 1. The van der Waals surface area contributed by atoms with Crippen molar-refractivity contribution in [2.24, 2.45) is 0 Å². The van der Waals surface area contributed by atoms with E-state index in [0.717, 1.165) is 23.1 Å². The molecular formula is C18H19BrF2N2O3. The van der Waals surface area contributed by atoms with Crippen molar-refractivity contribution in [2.45, 2.75) is 38.5 Å². The minimum absolute atomic E-state index is 0.328. The zero-order valence-corrected chi connectivity index (χ0v) is 16.0. The van der Waals surface area contributed by atoms with Crippen LogP contribution in [0.5, 0.6) is 0 Å². The standard InChI is InChI=1S/C18H19BrF2N2O3/c1-18(2,3)23(17(25)26)15(10-6-11(19)9-22-8-10)16(24)13-7-12(20)4-5-14(13)21/h4-9,15-16,24H,1-3H3,(H,25,26)/t15-,16+/m1/s1. The lowest BCUT2D eigenvalue weighted by molar-refractivity contribution is 0.00341. The highest BCUT2D eigenvalue weighted by molar-refractivity contribution is 9.10. The van der Waals surface area contributed by atoms with Crippen LogP contribution < -0.4 is 0 Å². The van der Waals surface area contributed by atoms with Crippen LogP contribution in [0.3, 0.4) is 0 Å². The minimum Gasteiger partial charge on any atom is -0.465 e. The summed E-state index contributed by atoms with van der Waals surface area (Å²) in [5, 5.41) is 20.6. The third-order valence-corrected chi connectivity index (χ3v) is 4.28. The molecule has 2 aromatic rings. The monoisotopic (exact) mass is 428 g/mol. The van der Waals surface area contributed by atoms with Crippen LogP contribution in [0.1, 0.15) is 44.0 Å². The fourth-order valence-electron chi connectivity index (χ4n) is 2.80. The second-order valence-electron chi connectivity index (χ2n) is 6.82. The molecule has 1 aromatic carbocycles. The molecule has 140 valence electrons. The lowest BCUT2D eigenvalue weighted by Crippen LogP contribution is -2.49. The summed E-state index contributed by atoms with van der Waals surface area (Å²) in [6.07, 6.45) is -0.0643. The van der Waals surface area contributed by atoms with Crippen LogP contribution in [0.2, 0.25) is 0 Å². The summed E-state index contributed by atoms with van der Waals surface area (Å²) in [4.78, 5) is 17.0. The predicted octanol–water partition coefficient (Wildman–Crippen LogP) is 4.68. The number of hydrogen-bond donors (Lipinski definition) is 2. The molecule has 0 aliphatic carbocycles. The van der Waals surface area contributed by atoms with Crippen LogP contribution in [0.15, 0.2) is 41.1 Å². The van der Waals surface area contributed by atoms with Gasteiger partial charge in [-0.05, 0) is 66.5 Å².